The van der Waals surface area contributed by atoms with Gasteiger partial charge in [0.05, 0.1) is 18.8 Å². The van der Waals surface area contributed by atoms with E-state index >= 15 is 0 Å². The monoisotopic (exact) mass is 354 g/mol. The van der Waals surface area contributed by atoms with Gasteiger partial charge < -0.3 is 9.30 Å². The molecule has 130 valence electrons. The van der Waals surface area contributed by atoms with E-state index in [1.165, 1.54) is 17.1 Å². The van der Waals surface area contributed by atoms with Crippen molar-refractivity contribution in [2.24, 2.45) is 0 Å². The van der Waals surface area contributed by atoms with Crippen LogP contribution >= 0.6 is 11.5 Å². The Balaban J connectivity index is 1.44. The van der Waals surface area contributed by atoms with Gasteiger partial charge in [0.15, 0.2) is 0 Å². The second kappa shape index (κ2) is 7.91. The number of benzene rings is 1. The molecule has 0 N–H and O–H groups in total. The molecule has 1 atom stereocenters. The van der Waals surface area contributed by atoms with Gasteiger partial charge in [-0.3, -0.25) is 4.90 Å². The Morgan fingerprint density at radius 2 is 2.16 bits per heavy atom. The van der Waals surface area contributed by atoms with Crippen molar-refractivity contribution in [1.82, 2.24) is 18.8 Å². The van der Waals surface area contributed by atoms with Crippen molar-refractivity contribution in [3.63, 3.8) is 0 Å². The van der Waals surface area contributed by atoms with Crippen molar-refractivity contribution < 1.29 is 4.74 Å². The highest BCUT2D eigenvalue weighted by molar-refractivity contribution is 7.03. The Kier molecular flexibility index (Phi) is 5.20. The van der Waals surface area contributed by atoms with E-state index < -0.39 is 0 Å². The summed E-state index contributed by atoms with van der Waals surface area (Å²) in [6.45, 7) is 4.63. The van der Waals surface area contributed by atoms with E-state index in [1.54, 1.807) is 0 Å². The quantitative estimate of drug-likeness (QED) is 0.705. The molecule has 4 rings (SSSR count). The molecule has 1 fully saturated rings. The third-order valence-corrected chi connectivity index (χ3v) is 5.08. The highest BCUT2D eigenvalue weighted by Crippen LogP contribution is 2.20. The molecule has 2 aromatic heterocycles. The average molecular weight is 354 g/mol. The molecule has 0 aliphatic carbocycles. The summed E-state index contributed by atoms with van der Waals surface area (Å²) in [6.07, 6.45) is 7.01. The van der Waals surface area contributed by atoms with Crippen LogP contribution in [0.15, 0.2) is 54.3 Å². The standard InChI is InChI=1S/C19H22N4OS/c1-2-5-16(6-3-1)12-22-8-4-10-24-18(13-22)14-23-9-7-20-19(23)17-11-21-25-15-17/h1-3,5-7,9,11,15,18H,4,8,10,12-14H2. The van der Waals surface area contributed by atoms with Crippen LogP contribution in [0.25, 0.3) is 11.4 Å². The molecule has 1 saturated heterocycles. The van der Waals surface area contributed by atoms with Crippen molar-refractivity contribution >= 4 is 11.5 Å². The van der Waals surface area contributed by atoms with Crippen molar-refractivity contribution in [2.75, 3.05) is 19.7 Å². The summed E-state index contributed by atoms with van der Waals surface area (Å²) in [4.78, 5) is 6.99. The molecule has 0 bridgehead atoms. The molecular formula is C19H22N4OS. The smallest absolute Gasteiger partial charge is 0.142 e. The zero-order chi connectivity index (χ0) is 16.9. The molecule has 6 heteroatoms. The van der Waals surface area contributed by atoms with E-state index in [2.05, 4.69) is 49.2 Å². The lowest BCUT2D eigenvalue weighted by Gasteiger charge is -2.24. The van der Waals surface area contributed by atoms with E-state index in [0.717, 1.165) is 50.6 Å². The number of aromatic nitrogens is 3. The van der Waals surface area contributed by atoms with Gasteiger partial charge in [0.25, 0.3) is 0 Å². The van der Waals surface area contributed by atoms with Gasteiger partial charge in [-0.15, -0.1) is 0 Å². The van der Waals surface area contributed by atoms with E-state index in [-0.39, 0.29) is 6.10 Å². The Labute approximate surface area is 152 Å². The van der Waals surface area contributed by atoms with Gasteiger partial charge in [0.1, 0.15) is 5.82 Å². The maximum atomic E-state index is 6.11. The lowest BCUT2D eigenvalue weighted by molar-refractivity contribution is 0.0418. The van der Waals surface area contributed by atoms with Gasteiger partial charge in [-0.2, -0.15) is 0 Å². The minimum atomic E-state index is 0.172. The molecule has 1 aromatic carbocycles. The molecule has 3 heterocycles. The SMILES string of the molecule is c1ccc(CN2CCCOC(Cn3ccnc3-c3cnsc3)C2)cc1. The minimum Gasteiger partial charge on any atom is -0.375 e. The summed E-state index contributed by atoms with van der Waals surface area (Å²) >= 11 is 1.45. The van der Waals surface area contributed by atoms with E-state index in [4.69, 9.17) is 4.74 Å². The third kappa shape index (κ3) is 4.15. The van der Waals surface area contributed by atoms with Gasteiger partial charge in [-0.1, -0.05) is 30.3 Å². The maximum absolute atomic E-state index is 6.11. The van der Waals surface area contributed by atoms with Crippen LogP contribution in [0, 0.1) is 0 Å². The Morgan fingerprint density at radius 1 is 1.24 bits per heavy atom. The maximum Gasteiger partial charge on any atom is 0.142 e. The van der Waals surface area contributed by atoms with Gasteiger partial charge in [0.2, 0.25) is 0 Å². The fourth-order valence-electron chi connectivity index (χ4n) is 3.32. The summed E-state index contributed by atoms with van der Waals surface area (Å²) in [5.41, 5.74) is 2.43. The first-order valence-corrected chi connectivity index (χ1v) is 9.51. The molecule has 0 radical (unpaired) electrons. The van der Waals surface area contributed by atoms with Crippen LogP contribution in [0.5, 0.6) is 0 Å². The number of hydrogen-bond acceptors (Lipinski definition) is 5. The predicted octanol–water partition coefficient (Wildman–Crippen LogP) is 3.30. The fraction of sp³-hybridized carbons (Fsp3) is 0.368. The van der Waals surface area contributed by atoms with Crippen LogP contribution in [0.3, 0.4) is 0 Å². The molecule has 0 saturated carbocycles. The summed E-state index contributed by atoms with van der Waals surface area (Å²) < 4.78 is 12.5. The topological polar surface area (TPSA) is 43.2 Å². The number of hydrogen-bond donors (Lipinski definition) is 0. The minimum absolute atomic E-state index is 0.172. The number of rotatable bonds is 5. The van der Waals surface area contributed by atoms with E-state index in [0.29, 0.717) is 0 Å². The van der Waals surface area contributed by atoms with Crippen LogP contribution in [-0.4, -0.2) is 44.6 Å². The highest BCUT2D eigenvalue weighted by atomic mass is 32.1. The molecule has 25 heavy (non-hydrogen) atoms. The molecule has 0 amide bonds. The average Bonchev–Trinajstić information content (AvgIpc) is 3.26. The third-order valence-electron chi connectivity index (χ3n) is 4.49. The second-order valence-corrected chi connectivity index (χ2v) is 7.04. The Morgan fingerprint density at radius 3 is 3.00 bits per heavy atom. The first-order chi connectivity index (χ1) is 12.4. The number of ether oxygens (including phenoxy) is 1. The fourth-order valence-corrected chi connectivity index (χ4v) is 3.83. The van der Waals surface area contributed by atoms with Crippen molar-refractivity contribution in [1.29, 1.82) is 0 Å². The van der Waals surface area contributed by atoms with Gasteiger partial charge in [-0.05, 0) is 23.5 Å². The summed E-state index contributed by atoms with van der Waals surface area (Å²) in [5.74, 6) is 0.969. The highest BCUT2D eigenvalue weighted by Gasteiger charge is 2.20. The second-order valence-electron chi connectivity index (χ2n) is 6.38. The van der Waals surface area contributed by atoms with E-state index in [9.17, 15) is 0 Å². The van der Waals surface area contributed by atoms with Crippen LogP contribution in [0.1, 0.15) is 12.0 Å². The van der Waals surface area contributed by atoms with Crippen LogP contribution < -0.4 is 0 Å². The Hall–Kier alpha value is -2.02. The normalized spacial score (nSPS) is 19.0. The van der Waals surface area contributed by atoms with Gasteiger partial charge in [0, 0.05) is 49.6 Å². The molecule has 5 nitrogen and oxygen atoms in total. The first kappa shape index (κ1) is 16.4. The van der Waals surface area contributed by atoms with Crippen molar-refractivity contribution in [3.8, 4) is 11.4 Å². The molecule has 0 spiro atoms. The zero-order valence-corrected chi connectivity index (χ0v) is 14.9. The molecule has 3 aromatic rings. The lowest BCUT2D eigenvalue weighted by atomic mass is 10.2. The summed E-state index contributed by atoms with van der Waals surface area (Å²) in [6, 6.07) is 10.7. The van der Waals surface area contributed by atoms with Crippen molar-refractivity contribution in [3.05, 3.63) is 59.9 Å². The van der Waals surface area contributed by atoms with Crippen LogP contribution in [-0.2, 0) is 17.8 Å². The number of nitrogens with zero attached hydrogens (tertiary/aromatic N) is 4. The summed E-state index contributed by atoms with van der Waals surface area (Å²) in [5, 5.41) is 2.04. The van der Waals surface area contributed by atoms with Crippen LogP contribution in [0.4, 0.5) is 0 Å². The predicted molar refractivity (Wildman–Crippen MR) is 99.4 cm³/mol. The zero-order valence-electron chi connectivity index (χ0n) is 14.1. The molecular weight excluding hydrogens is 332 g/mol. The largest absolute Gasteiger partial charge is 0.375 e. The van der Waals surface area contributed by atoms with Gasteiger partial charge >= 0.3 is 0 Å². The molecule has 1 aliphatic heterocycles. The molecule has 1 aliphatic rings. The van der Waals surface area contributed by atoms with Gasteiger partial charge in [-0.25, -0.2) is 9.36 Å². The van der Waals surface area contributed by atoms with Crippen molar-refractivity contribution in [2.45, 2.75) is 25.6 Å². The lowest BCUT2D eigenvalue weighted by Crippen LogP contribution is -2.34. The Bertz CT molecular complexity index is 772. The first-order valence-electron chi connectivity index (χ1n) is 8.67. The molecule has 1 unspecified atom stereocenters. The number of imidazole rings is 1. The van der Waals surface area contributed by atoms with Crippen LogP contribution in [0.2, 0.25) is 0 Å². The summed E-state index contributed by atoms with van der Waals surface area (Å²) in [7, 11) is 0. The van der Waals surface area contributed by atoms with E-state index in [1.807, 2.05) is 24.0 Å².